The van der Waals surface area contributed by atoms with E-state index in [1.54, 1.807) is 6.07 Å². The summed E-state index contributed by atoms with van der Waals surface area (Å²) < 4.78 is 19.0. The molecule has 1 N–H and O–H groups in total. The topological polar surface area (TPSA) is 21.3 Å². The van der Waals surface area contributed by atoms with Crippen LogP contribution in [0.5, 0.6) is 0 Å². The second kappa shape index (κ2) is 6.72. The Morgan fingerprint density at radius 3 is 2.53 bits per heavy atom. The van der Waals surface area contributed by atoms with Gasteiger partial charge in [0, 0.05) is 0 Å². The molecule has 0 saturated heterocycles. The molecule has 0 aliphatic heterocycles. The molecule has 0 bridgehead atoms. The summed E-state index contributed by atoms with van der Waals surface area (Å²) in [7, 11) is 0. The highest BCUT2D eigenvalue weighted by molar-refractivity contribution is 5.26. The molecule has 1 unspecified atom stereocenters. The second-order valence-electron chi connectivity index (χ2n) is 4.55. The Labute approximate surface area is 103 Å². The highest BCUT2D eigenvalue weighted by Gasteiger charge is 2.12. The van der Waals surface area contributed by atoms with Gasteiger partial charge in [-0.15, -0.1) is 0 Å². The predicted octanol–water partition coefficient (Wildman–Crippen LogP) is 3.21. The van der Waals surface area contributed by atoms with Crippen molar-refractivity contribution >= 4 is 0 Å². The number of benzene rings is 1. The Hall–Kier alpha value is -0.930. The first-order valence-corrected chi connectivity index (χ1v) is 6.15. The number of rotatable bonds is 6. The van der Waals surface area contributed by atoms with Crippen LogP contribution in [-0.4, -0.2) is 19.3 Å². The molecule has 17 heavy (non-hydrogen) atoms. The zero-order chi connectivity index (χ0) is 12.8. The van der Waals surface area contributed by atoms with Crippen molar-refractivity contribution in [2.75, 3.05) is 13.2 Å². The van der Waals surface area contributed by atoms with Crippen LogP contribution in [0.2, 0.25) is 0 Å². The van der Waals surface area contributed by atoms with Gasteiger partial charge in [-0.3, -0.25) is 0 Å². The maximum Gasteiger partial charge on any atom is 0.123 e. The first-order valence-electron chi connectivity index (χ1n) is 6.15. The molecule has 2 nitrogen and oxygen atoms in total. The number of nitrogens with one attached hydrogen (secondary N) is 1. The molecule has 0 aromatic heterocycles. The maximum absolute atomic E-state index is 13.4. The molecule has 0 spiro atoms. The Morgan fingerprint density at radius 2 is 2.00 bits per heavy atom. The summed E-state index contributed by atoms with van der Waals surface area (Å²) in [5.41, 5.74) is 1.89. The lowest BCUT2D eigenvalue weighted by Gasteiger charge is -2.20. The van der Waals surface area contributed by atoms with E-state index in [2.05, 4.69) is 5.32 Å². The van der Waals surface area contributed by atoms with Gasteiger partial charge in [0.15, 0.2) is 0 Å². The summed E-state index contributed by atoms with van der Waals surface area (Å²) in [6, 6.07) is 5.16. The SMILES string of the molecule is CCNC(COC(C)C)c1cc(C)cc(F)c1. The van der Waals surface area contributed by atoms with Crippen LogP contribution >= 0.6 is 0 Å². The minimum absolute atomic E-state index is 0.0526. The van der Waals surface area contributed by atoms with Crippen LogP contribution in [0.25, 0.3) is 0 Å². The minimum Gasteiger partial charge on any atom is -0.377 e. The van der Waals surface area contributed by atoms with E-state index in [1.807, 2.05) is 33.8 Å². The van der Waals surface area contributed by atoms with Gasteiger partial charge in [0.1, 0.15) is 5.82 Å². The molecule has 0 saturated carbocycles. The standard InChI is InChI=1S/C14H22FNO/c1-5-16-14(9-17-10(2)3)12-6-11(4)7-13(15)8-12/h6-8,10,14,16H,5,9H2,1-4H3. The summed E-state index contributed by atoms with van der Waals surface area (Å²) in [5, 5.41) is 3.32. The van der Waals surface area contributed by atoms with Crippen molar-refractivity contribution in [3.05, 3.63) is 35.1 Å². The average molecular weight is 239 g/mol. The quantitative estimate of drug-likeness (QED) is 0.823. The largest absolute Gasteiger partial charge is 0.377 e. The number of hydrogen-bond donors (Lipinski definition) is 1. The highest BCUT2D eigenvalue weighted by atomic mass is 19.1. The average Bonchev–Trinajstić information content (AvgIpc) is 2.22. The second-order valence-corrected chi connectivity index (χ2v) is 4.55. The van der Waals surface area contributed by atoms with Crippen molar-refractivity contribution in [3.8, 4) is 0 Å². The molecule has 3 heteroatoms. The van der Waals surface area contributed by atoms with E-state index >= 15 is 0 Å². The number of ether oxygens (including phenoxy) is 1. The maximum atomic E-state index is 13.4. The van der Waals surface area contributed by atoms with Crippen molar-refractivity contribution in [1.82, 2.24) is 5.32 Å². The third kappa shape index (κ3) is 4.84. The first kappa shape index (κ1) is 14.1. The lowest BCUT2D eigenvalue weighted by Crippen LogP contribution is -2.26. The molecule has 1 atom stereocenters. The van der Waals surface area contributed by atoms with Crippen molar-refractivity contribution in [2.45, 2.75) is 39.8 Å². The third-order valence-electron chi connectivity index (χ3n) is 2.51. The molecule has 1 rings (SSSR count). The Kier molecular flexibility index (Phi) is 5.59. The van der Waals surface area contributed by atoms with Crippen molar-refractivity contribution in [2.24, 2.45) is 0 Å². The van der Waals surface area contributed by atoms with Crippen molar-refractivity contribution < 1.29 is 9.13 Å². The molecule has 1 aromatic carbocycles. The van der Waals surface area contributed by atoms with E-state index in [9.17, 15) is 4.39 Å². The van der Waals surface area contributed by atoms with Gasteiger partial charge in [-0.05, 0) is 50.6 Å². The van der Waals surface area contributed by atoms with E-state index < -0.39 is 0 Å². The van der Waals surface area contributed by atoms with Gasteiger partial charge in [0.2, 0.25) is 0 Å². The fraction of sp³-hybridized carbons (Fsp3) is 0.571. The number of aryl methyl sites for hydroxylation is 1. The summed E-state index contributed by atoms with van der Waals surface area (Å²) in [4.78, 5) is 0. The van der Waals surface area contributed by atoms with Gasteiger partial charge in [0.05, 0.1) is 18.8 Å². The third-order valence-corrected chi connectivity index (χ3v) is 2.51. The molecule has 0 amide bonds. The van der Waals surface area contributed by atoms with Crippen LogP contribution in [0.1, 0.15) is 37.9 Å². The van der Waals surface area contributed by atoms with Crippen LogP contribution in [0.3, 0.4) is 0 Å². The van der Waals surface area contributed by atoms with Gasteiger partial charge in [-0.25, -0.2) is 4.39 Å². The monoisotopic (exact) mass is 239 g/mol. The molecular weight excluding hydrogens is 217 g/mol. The lowest BCUT2D eigenvalue weighted by molar-refractivity contribution is 0.0614. The molecule has 0 radical (unpaired) electrons. The molecule has 1 aromatic rings. The number of hydrogen-bond acceptors (Lipinski definition) is 2. The van der Waals surface area contributed by atoms with Crippen LogP contribution < -0.4 is 5.32 Å². The minimum atomic E-state index is -0.188. The van der Waals surface area contributed by atoms with Gasteiger partial charge >= 0.3 is 0 Å². The van der Waals surface area contributed by atoms with E-state index in [4.69, 9.17) is 4.74 Å². The molecular formula is C14H22FNO. The number of halogens is 1. The van der Waals surface area contributed by atoms with Crippen molar-refractivity contribution in [3.63, 3.8) is 0 Å². The zero-order valence-electron chi connectivity index (χ0n) is 11.1. The summed E-state index contributed by atoms with van der Waals surface area (Å²) in [5.74, 6) is -0.188. The summed E-state index contributed by atoms with van der Waals surface area (Å²) >= 11 is 0. The summed E-state index contributed by atoms with van der Waals surface area (Å²) in [6.07, 6.45) is 0.186. The van der Waals surface area contributed by atoms with E-state index in [1.165, 1.54) is 6.07 Å². The molecule has 96 valence electrons. The summed E-state index contributed by atoms with van der Waals surface area (Å²) in [6.45, 7) is 9.34. The fourth-order valence-electron chi connectivity index (χ4n) is 1.77. The fourth-order valence-corrected chi connectivity index (χ4v) is 1.77. The van der Waals surface area contributed by atoms with Gasteiger partial charge in [-0.2, -0.15) is 0 Å². The van der Waals surface area contributed by atoms with E-state index in [-0.39, 0.29) is 18.0 Å². The van der Waals surface area contributed by atoms with Gasteiger partial charge < -0.3 is 10.1 Å². The molecule has 0 aliphatic carbocycles. The predicted molar refractivity (Wildman–Crippen MR) is 68.6 cm³/mol. The van der Waals surface area contributed by atoms with Gasteiger partial charge in [0.25, 0.3) is 0 Å². The zero-order valence-corrected chi connectivity index (χ0v) is 11.1. The molecule has 0 aliphatic rings. The van der Waals surface area contributed by atoms with Gasteiger partial charge in [-0.1, -0.05) is 13.0 Å². The smallest absolute Gasteiger partial charge is 0.123 e. The van der Waals surface area contributed by atoms with Crippen molar-refractivity contribution in [1.29, 1.82) is 0 Å². The Balaban J connectivity index is 2.80. The molecule has 0 heterocycles. The number of likely N-dealkylation sites (N-methyl/N-ethyl adjacent to an activating group) is 1. The van der Waals surface area contributed by atoms with E-state index in [0.717, 1.165) is 17.7 Å². The Bertz CT molecular complexity index is 332. The van der Waals surface area contributed by atoms with Crippen LogP contribution in [0, 0.1) is 12.7 Å². The highest BCUT2D eigenvalue weighted by Crippen LogP contribution is 2.17. The van der Waals surface area contributed by atoms with E-state index in [0.29, 0.717) is 6.61 Å². The lowest BCUT2D eigenvalue weighted by atomic mass is 10.0. The van der Waals surface area contributed by atoms with Crippen LogP contribution in [0.4, 0.5) is 4.39 Å². The van der Waals surface area contributed by atoms with Crippen LogP contribution in [-0.2, 0) is 4.74 Å². The normalized spacial score (nSPS) is 13.1. The Morgan fingerprint density at radius 1 is 1.29 bits per heavy atom. The first-order chi connectivity index (χ1) is 8.02. The van der Waals surface area contributed by atoms with Crippen LogP contribution in [0.15, 0.2) is 18.2 Å². The molecule has 0 fully saturated rings.